The van der Waals surface area contributed by atoms with Crippen molar-refractivity contribution >= 4 is 23.9 Å². The molecule has 9 nitrogen and oxygen atoms in total. The van der Waals surface area contributed by atoms with E-state index >= 15 is 0 Å². The van der Waals surface area contributed by atoms with Crippen LogP contribution in [-0.2, 0) is 19.1 Å². The molecule has 0 aliphatic heterocycles. The Bertz CT molecular complexity index is 678. The number of rotatable bonds is 7. The van der Waals surface area contributed by atoms with Gasteiger partial charge in [-0.25, -0.2) is 4.79 Å². The van der Waals surface area contributed by atoms with Gasteiger partial charge in [-0.05, 0) is 45.0 Å². The van der Waals surface area contributed by atoms with Gasteiger partial charge in [0.2, 0.25) is 0 Å². The summed E-state index contributed by atoms with van der Waals surface area (Å²) in [4.78, 5) is 46.5. The van der Waals surface area contributed by atoms with Gasteiger partial charge >= 0.3 is 12.1 Å². The lowest BCUT2D eigenvalue weighted by atomic mass is 10.2. The smallest absolute Gasteiger partial charge is 0.407 e. The molecule has 9 heteroatoms. The fraction of sp³-hybridized carbons (Fsp3) is 0.444. The van der Waals surface area contributed by atoms with Crippen molar-refractivity contribution < 1.29 is 33.4 Å². The third kappa shape index (κ3) is 9.24. The number of amides is 3. The normalized spacial score (nSPS) is 10.5. The molecule has 0 aromatic heterocycles. The van der Waals surface area contributed by atoms with Crippen molar-refractivity contribution in [1.29, 1.82) is 0 Å². The lowest BCUT2D eigenvalue weighted by Crippen LogP contribution is -2.35. The van der Waals surface area contributed by atoms with Crippen LogP contribution < -0.4 is 15.4 Å². The Morgan fingerprint density at radius 3 is 2.22 bits per heavy atom. The monoisotopic (exact) mass is 380 g/mol. The van der Waals surface area contributed by atoms with Crippen LogP contribution in [0.2, 0.25) is 0 Å². The molecule has 0 bridgehead atoms. The van der Waals surface area contributed by atoms with Crippen LogP contribution in [0.15, 0.2) is 24.3 Å². The first-order chi connectivity index (χ1) is 12.6. The quantitative estimate of drug-likeness (QED) is 0.686. The Morgan fingerprint density at radius 1 is 1.04 bits per heavy atom. The summed E-state index contributed by atoms with van der Waals surface area (Å²) < 4.78 is 14.7. The SMILES string of the molecule is COc1ccc(C(=O)NC(=O)COC(=O)CCNC(=O)OC(C)(C)C)cc1. The summed E-state index contributed by atoms with van der Waals surface area (Å²) in [6, 6.07) is 6.15. The van der Waals surface area contributed by atoms with Gasteiger partial charge in [0.1, 0.15) is 11.4 Å². The lowest BCUT2D eigenvalue weighted by Gasteiger charge is -2.19. The average Bonchev–Trinajstić information content (AvgIpc) is 2.58. The molecule has 27 heavy (non-hydrogen) atoms. The van der Waals surface area contributed by atoms with Crippen LogP contribution in [0.25, 0.3) is 0 Å². The van der Waals surface area contributed by atoms with Crippen LogP contribution in [0.4, 0.5) is 4.79 Å². The first kappa shape index (κ1) is 21.9. The van der Waals surface area contributed by atoms with Crippen molar-refractivity contribution in [3.63, 3.8) is 0 Å². The molecule has 0 heterocycles. The Labute approximate surface area is 157 Å². The molecule has 1 aromatic carbocycles. The summed E-state index contributed by atoms with van der Waals surface area (Å²) in [5, 5.41) is 4.50. The summed E-state index contributed by atoms with van der Waals surface area (Å²) in [7, 11) is 1.50. The number of esters is 1. The predicted molar refractivity (Wildman–Crippen MR) is 95.3 cm³/mol. The van der Waals surface area contributed by atoms with Gasteiger partial charge < -0.3 is 19.5 Å². The fourth-order valence-corrected chi connectivity index (χ4v) is 1.78. The Morgan fingerprint density at radius 2 is 1.67 bits per heavy atom. The van der Waals surface area contributed by atoms with Crippen molar-refractivity contribution in [1.82, 2.24) is 10.6 Å². The standard InChI is InChI=1S/C18H24N2O7/c1-18(2,3)27-17(24)19-10-9-15(22)26-11-14(21)20-16(23)12-5-7-13(25-4)8-6-12/h5-8H,9-11H2,1-4H3,(H,19,24)(H,20,21,23). The second kappa shape index (κ2) is 10.1. The van der Waals surface area contributed by atoms with Crippen LogP contribution in [0.1, 0.15) is 37.6 Å². The number of carbonyl (C=O) groups is 4. The van der Waals surface area contributed by atoms with E-state index in [0.717, 1.165) is 0 Å². The number of carbonyl (C=O) groups excluding carboxylic acids is 4. The zero-order valence-electron chi connectivity index (χ0n) is 15.8. The van der Waals surface area contributed by atoms with Crippen LogP contribution in [-0.4, -0.2) is 49.7 Å². The molecule has 148 valence electrons. The summed E-state index contributed by atoms with van der Waals surface area (Å²) in [6.45, 7) is 4.54. The predicted octanol–water partition coefficient (Wildman–Crippen LogP) is 1.41. The molecule has 0 saturated carbocycles. The average molecular weight is 380 g/mol. The number of ether oxygens (including phenoxy) is 3. The Balaban J connectivity index is 2.27. The molecule has 0 atom stereocenters. The van der Waals surface area contributed by atoms with E-state index in [1.54, 1.807) is 32.9 Å². The van der Waals surface area contributed by atoms with Gasteiger partial charge in [0.15, 0.2) is 6.61 Å². The van der Waals surface area contributed by atoms with Crippen molar-refractivity contribution in [3.8, 4) is 5.75 Å². The van der Waals surface area contributed by atoms with Gasteiger partial charge in [0.05, 0.1) is 13.5 Å². The Kier molecular flexibility index (Phi) is 8.25. The van der Waals surface area contributed by atoms with E-state index < -0.39 is 36.1 Å². The first-order valence-corrected chi connectivity index (χ1v) is 8.21. The van der Waals surface area contributed by atoms with Crippen LogP contribution in [0.3, 0.4) is 0 Å². The second-order valence-corrected chi connectivity index (χ2v) is 6.45. The molecular weight excluding hydrogens is 356 g/mol. The van der Waals surface area contributed by atoms with E-state index in [2.05, 4.69) is 10.6 Å². The number of alkyl carbamates (subject to hydrolysis) is 1. The highest BCUT2D eigenvalue weighted by Crippen LogP contribution is 2.11. The second-order valence-electron chi connectivity index (χ2n) is 6.45. The number of benzene rings is 1. The minimum Gasteiger partial charge on any atom is -0.497 e. The zero-order valence-corrected chi connectivity index (χ0v) is 15.8. The Hall–Kier alpha value is -3.10. The van der Waals surface area contributed by atoms with Crippen molar-refractivity contribution in [2.45, 2.75) is 32.8 Å². The number of hydrogen-bond acceptors (Lipinski definition) is 7. The van der Waals surface area contributed by atoms with Gasteiger partial charge in [-0.15, -0.1) is 0 Å². The van der Waals surface area contributed by atoms with Gasteiger partial charge in [-0.3, -0.25) is 19.7 Å². The maximum Gasteiger partial charge on any atom is 0.407 e. The van der Waals surface area contributed by atoms with E-state index in [1.165, 1.54) is 19.2 Å². The largest absolute Gasteiger partial charge is 0.497 e. The topological polar surface area (TPSA) is 120 Å². The highest BCUT2D eigenvalue weighted by atomic mass is 16.6. The highest BCUT2D eigenvalue weighted by molar-refractivity contribution is 6.05. The highest BCUT2D eigenvalue weighted by Gasteiger charge is 2.16. The number of methoxy groups -OCH3 is 1. The van der Waals surface area contributed by atoms with Gasteiger partial charge in [-0.2, -0.15) is 0 Å². The number of imide groups is 1. The molecule has 0 saturated heterocycles. The minimum atomic E-state index is -0.760. The summed E-state index contributed by atoms with van der Waals surface area (Å²) in [6.07, 6.45) is -0.794. The van der Waals surface area contributed by atoms with E-state index in [1.807, 2.05) is 0 Å². The van der Waals surface area contributed by atoms with Gasteiger partial charge in [-0.1, -0.05) is 0 Å². The van der Waals surface area contributed by atoms with E-state index in [0.29, 0.717) is 5.75 Å². The van der Waals surface area contributed by atoms with Crippen LogP contribution >= 0.6 is 0 Å². The van der Waals surface area contributed by atoms with E-state index in [9.17, 15) is 19.2 Å². The van der Waals surface area contributed by atoms with Gasteiger partial charge in [0, 0.05) is 12.1 Å². The van der Waals surface area contributed by atoms with E-state index in [4.69, 9.17) is 14.2 Å². The molecular formula is C18H24N2O7. The van der Waals surface area contributed by atoms with Gasteiger partial charge in [0.25, 0.3) is 11.8 Å². The minimum absolute atomic E-state index is 0.000143. The van der Waals surface area contributed by atoms with Crippen molar-refractivity contribution in [2.75, 3.05) is 20.3 Å². The molecule has 3 amide bonds. The molecule has 0 radical (unpaired) electrons. The van der Waals surface area contributed by atoms with Crippen molar-refractivity contribution in [2.24, 2.45) is 0 Å². The first-order valence-electron chi connectivity index (χ1n) is 8.21. The maximum atomic E-state index is 11.9. The molecule has 0 fully saturated rings. The van der Waals surface area contributed by atoms with E-state index in [-0.39, 0.29) is 18.5 Å². The summed E-state index contributed by atoms with van der Waals surface area (Å²) >= 11 is 0. The van der Waals surface area contributed by atoms with Crippen LogP contribution in [0.5, 0.6) is 5.75 Å². The fourth-order valence-electron chi connectivity index (χ4n) is 1.78. The van der Waals surface area contributed by atoms with Crippen LogP contribution in [0, 0.1) is 0 Å². The number of nitrogens with one attached hydrogen (secondary N) is 2. The summed E-state index contributed by atoms with van der Waals surface area (Å²) in [5.41, 5.74) is -0.379. The number of hydrogen-bond donors (Lipinski definition) is 2. The molecule has 0 unspecified atom stereocenters. The molecule has 1 aromatic rings. The summed E-state index contributed by atoms with van der Waals surface area (Å²) in [5.74, 6) is -1.50. The maximum absolute atomic E-state index is 11.9. The third-order valence-corrected chi connectivity index (χ3v) is 2.97. The molecule has 1 rings (SSSR count). The molecule has 0 aliphatic rings. The lowest BCUT2D eigenvalue weighted by molar-refractivity contribution is -0.148. The molecule has 0 spiro atoms. The zero-order chi connectivity index (χ0) is 20.4. The van der Waals surface area contributed by atoms with Crippen molar-refractivity contribution in [3.05, 3.63) is 29.8 Å². The molecule has 0 aliphatic carbocycles. The third-order valence-electron chi connectivity index (χ3n) is 2.97. The molecule has 2 N–H and O–H groups in total.